The van der Waals surface area contributed by atoms with Gasteiger partial charge in [0.15, 0.2) is 5.82 Å². The molecule has 1 saturated carbocycles. The molecule has 4 aromatic rings. The third-order valence-electron chi connectivity index (χ3n) is 6.88. The van der Waals surface area contributed by atoms with Crippen LogP contribution in [0.5, 0.6) is 0 Å². The van der Waals surface area contributed by atoms with Crippen LogP contribution >= 0.6 is 11.6 Å². The van der Waals surface area contributed by atoms with E-state index in [0.29, 0.717) is 23.3 Å². The predicted octanol–water partition coefficient (Wildman–Crippen LogP) is 4.77. The van der Waals surface area contributed by atoms with Gasteiger partial charge >= 0.3 is 5.69 Å². The van der Waals surface area contributed by atoms with Gasteiger partial charge in [0, 0.05) is 36.9 Å². The molecule has 6 nitrogen and oxygen atoms in total. The molecule has 0 radical (unpaired) electrons. The van der Waals surface area contributed by atoms with Crippen LogP contribution in [0.3, 0.4) is 0 Å². The number of hydrogen-bond acceptors (Lipinski definition) is 3. The molecule has 2 fully saturated rings. The summed E-state index contributed by atoms with van der Waals surface area (Å²) in [5.74, 6) is 1.98. The molecule has 2 aromatic carbocycles. The van der Waals surface area contributed by atoms with Crippen LogP contribution in [0.25, 0.3) is 33.4 Å². The molecule has 3 heterocycles. The van der Waals surface area contributed by atoms with E-state index in [0.717, 1.165) is 53.0 Å². The summed E-state index contributed by atoms with van der Waals surface area (Å²) in [6, 6.07) is 14.3. The lowest BCUT2D eigenvalue weighted by Crippen LogP contribution is -2.26. The number of nitrogens with zero attached hydrogens (tertiary/aromatic N) is 3. The van der Waals surface area contributed by atoms with Gasteiger partial charge in [-0.1, -0.05) is 23.7 Å². The van der Waals surface area contributed by atoms with Gasteiger partial charge < -0.3 is 9.88 Å². The Morgan fingerprint density at radius 2 is 1.84 bits per heavy atom. The van der Waals surface area contributed by atoms with Gasteiger partial charge in [0.05, 0.1) is 5.02 Å². The minimum atomic E-state index is -0.168. The molecule has 2 aromatic heterocycles. The molecular formula is C25H26ClN5O. The monoisotopic (exact) mass is 447 g/mol. The largest absolute Gasteiger partial charge is 0.361 e. The van der Waals surface area contributed by atoms with Gasteiger partial charge in [-0.3, -0.25) is 4.57 Å². The van der Waals surface area contributed by atoms with E-state index in [2.05, 4.69) is 44.3 Å². The lowest BCUT2D eigenvalue weighted by Gasteiger charge is -2.16. The van der Waals surface area contributed by atoms with Gasteiger partial charge in [0.2, 0.25) is 0 Å². The van der Waals surface area contributed by atoms with Crippen molar-refractivity contribution in [1.29, 1.82) is 0 Å². The highest BCUT2D eigenvalue weighted by Crippen LogP contribution is 2.34. The molecule has 1 aliphatic carbocycles. The van der Waals surface area contributed by atoms with Gasteiger partial charge in [-0.25, -0.2) is 9.89 Å². The van der Waals surface area contributed by atoms with Crippen LogP contribution in [0.4, 0.5) is 0 Å². The minimum Gasteiger partial charge on any atom is -0.361 e. The maximum absolute atomic E-state index is 12.6. The van der Waals surface area contributed by atoms with E-state index in [-0.39, 0.29) is 5.69 Å². The van der Waals surface area contributed by atoms with Crippen molar-refractivity contribution in [1.82, 2.24) is 24.6 Å². The summed E-state index contributed by atoms with van der Waals surface area (Å²) in [6.45, 7) is 4.07. The van der Waals surface area contributed by atoms with Crippen LogP contribution in [0.1, 0.15) is 19.3 Å². The third-order valence-corrected chi connectivity index (χ3v) is 7.19. The zero-order chi connectivity index (χ0) is 21.7. The second-order valence-electron chi connectivity index (χ2n) is 9.29. The summed E-state index contributed by atoms with van der Waals surface area (Å²) in [6.07, 6.45) is 5.81. The summed E-state index contributed by atoms with van der Waals surface area (Å²) in [5.41, 5.74) is 3.87. The minimum absolute atomic E-state index is 0.168. The van der Waals surface area contributed by atoms with Gasteiger partial charge in [-0.15, -0.1) is 0 Å². The second-order valence-corrected chi connectivity index (χ2v) is 9.70. The van der Waals surface area contributed by atoms with Crippen LogP contribution in [0.15, 0.2) is 53.5 Å². The first-order valence-electron chi connectivity index (χ1n) is 11.4. The first kappa shape index (κ1) is 19.8. The molecule has 164 valence electrons. The highest BCUT2D eigenvalue weighted by Gasteiger charge is 2.30. The van der Waals surface area contributed by atoms with Crippen molar-refractivity contribution in [2.45, 2.75) is 25.8 Å². The van der Waals surface area contributed by atoms with E-state index in [1.54, 1.807) is 4.57 Å². The number of halogens is 1. The van der Waals surface area contributed by atoms with Gasteiger partial charge in [0.1, 0.15) is 0 Å². The van der Waals surface area contributed by atoms with Crippen LogP contribution < -0.4 is 5.69 Å². The van der Waals surface area contributed by atoms with Gasteiger partial charge in [-0.2, -0.15) is 5.10 Å². The smallest absolute Gasteiger partial charge is 0.343 e. The maximum atomic E-state index is 12.6. The Balaban J connectivity index is 1.25. The van der Waals surface area contributed by atoms with E-state index >= 15 is 0 Å². The quantitative estimate of drug-likeness (QED) is 0.447. The van der Waals surface area contributed by atoms with E-state index < -0.39 is 0 Å². The molecule has 1 aliphatic heterocycles. The Bertz CT molecular complexity index is 1330. The van der Waals surface area contributed by atoms with Crippen LogP contribution in [0, 0.1) is 11.8 Å². The van der Waals surface area contributed by atoms with Crippen LogP contribution in [-0.2, 0) is 6.54 Å². The van der Waals surface area contributed by atoms with E-state index in [1.807, 2.05) is 24.4 Å². The molecule has 1 unspecified atom stereocenters. The molecule has 1 saturated heterocycles. The van der Waals surface area contributed by atoms with E-state index in [1.165, 1.54) is 19.4 Å². The number of rotatable bonds is 6. The number of likely N-dealkylation sites (tertiary alicyclic amines) is 1. The van der Waals surface area contributed by atoms with Crippen molar-refractivity contribution >= 4 is 22.5 Å². The van der Waals surface area contributed by atoms with Crippen LogP contribution in [0.2, 0.25) is 5.02 Å². The summed E-state index contributed by atoms with van der Waals surface area (Å²) in [5, 5.41) is 8.72. The number of nitrogens with one attached hydrogen (secondary N) is 2. The van der Waals surface area contributed by atoms with Crippen molar-refractivity contribution in [2.24, 2.45) is 11.8 Å². The van der Waals surface area contributed by atoms with E-state index in [9.17, 15) is 4.79 Å². The first-order valence-corrected chi connectivity index (χ1v) is 11.8. The Kier molecular flexibility index (Phi) is 4.92. The fourth-order valence-corrected chi connectivity index (χ4v) is 5.22. The zero-order valence-corrected chi connectivity index (χ0v) is 18.6. The topological polar surface area (TPSA) is 69.7 Å². The van der Waals surface area contributed by atoms with Crippen molar-refractivity contribution in [3.8, 4) is 22.5 Å². The van der Waals surface area contributed by atoms with Gasteiger partial charge in [-0.05, 0) is 84.5 Å². The molecule has 2 aliphatic rings. The lowest BCUT2D eigenvalue weighted by molar-refractivity contribution is 0.304. The third kappa shape index (κ3) is 3.78. The zero-order valence-electron chi connectivity index (χ0n) is 17.9. The van der Waals surface area contributed by atoms with Crippen LogP contribution in [-0.4, -0.2) is 44.3 Å². The van der Waals surface area contributed by atoms with Crippen molar-refractivity contribution < 1.29 is 0 Å². The average Bonchev–Trinajstić information content (AvgIpc) is 3.15. The van der Waals surface area contributed by atoms with E-state index in [4.69, 9.17) is 11.6 Å². The SMILES string of the molecule is O=c1[nH]nc(-c2ccc(-c3ccc4[nH]ccc4c3)cc2Cl)n1CC1CCN(CC2CC2)C1. The molecule has 0 bridgehead atoms. The number of H-pyrrole nitrogens is 2. The fourth-order valence-electron chi connectivity index (χ4n) is 4.95. The van der Waals surface area contributed by atoms with Gasteiger partial charge in [0.25, 0.3) is 0 Å². The number of hydrogen-bond donors (Lipinski definition) is 2. The Hall–Kier alpha value is -2.83. The number of aromatic amines is 2. The second kappa shape index (κ2) is 7.94. The summed E-state index contributed by atoms with van der Waals surface area (Å²) in [4.78, 5) is 18.3. The Morgan fingerprint density at radius 3 is 2.69 bits per heavy atom. The van der Waals surface area contributed by atoms with Crippen molar-refractivity contribution in [3.63, 3.8) is 0 Å². The number of aromatic nitrogens is 4. The average molecular weight is 448 g/mol. The molecule has 7 heteroatoms. The summed E-state index contributed by atoms with van der Waals surface area (Å²) >= 11 is 6.71. The molecule has 1 atom stereocenters. The molecule has 2 N–H and O–H groups in total. The highest BCUT2D eigenvalue weighted by atomic mass is 35.5. The number of benzene rings is 2. The maximum Gasteiger partial charge on any atom is 0.343 e. The lowest BCUT2D eigenvalue weighted by atomic mass is 10.0. The Labute approximate surface area is 191 Å². The fraction of sp³-hybridized carbons (Fsp3) is 0.360. The number of fused-ring (bicyclic) bond motifs is 1. The summed E-state index contributed by atoms with van der Waals surface area (Å²) < 4.78 is 1.76. The molecule has 0 spiro atoms. The normalized spacial score (nSPS) is 19.2. The summed E-state index contributed by atoms with van der Waals surface area (Å²) in [7, 11) is 0. The Morgan fingerprint density at radius 1 is 1.00 bits per heavy atom. The molecule has 32 heavy (non-hydrogen) atoms. The van der Waals surface area contributed by atoms with Crippen molar-refractivity contribution in [3.05, 3.63) is 64.2 Å². The first-order chi connectivity index (χ1) is 15.6. The van der Waals surface area contributed by atoms with Crippen molar-refractivity contribution in [2.75, 3.05) is 19.6 Å². The molecule has 0 amide bonds. The highest BCUT2D eigenvalue weighted by molar-refractivity contribution is 6.33. The molecular weight excluding hydrogens is 422 g/mol. The standard InChI is InChI=1S/C25H26ClN5O/c26-22-12-19(18-4-6-23-20(11-18)7-9-27-23)3-5-21(22)24-28-29-25(32)31(24)15-17-8-10-30(14-17)13-16-1-2-16/h3-7,9,11-12,16-17,27H,1-2,8,10,13-15H2,(H,29,32). The predicted molar refractivity (Wildman–Crippen MR) is 128 cm³/mol. The molecule has 6 rings (SSSR count).